The van der Waals surface area contributed by atoms with Gasteiger partial charge in [0.25, 0.3) is 0 Å². The van der Waals surface area contributed by atoms with E-state index in [9.17, 15) is 0 Å². The van der Waals surface area contributed by atoms with E-state index in [-0.39, 0.29) is 6.04 Å². The molecule has 1 aromatic rings. The minimum absolute atomic E-state index is 0.0226. The molecule has 0 bridgehead atoms. The van der Waals surface area contributed by atoms with Gasteiger partial charge in [0.15, 0.2) is 0 Å². The van der Waals surface area contributed by atoms with Crippen molar-refractivity contribution in [1.82, 2.24) is 0 Å². The van der Waals surface area contributed by atoms with Crippen LogP contribution >= 0.6 is 0 Å². The lowest BCUT2D eigenvalue weighted by Crippen LogP contribution is -2.21. The molecule has 2 heteroatoms. The van der Waals surface area contributed by atoms with Crippen molar-refractivity contribution in [3.8, 4) is 0 Å². The van der Waals surface area contributed by atoms with Crippen LogP contribution in [0.25, 0.3) is 0 Å². The SMILES string of the molecule is Cc1ccc([C@@H](N)CN)c(C)c1. The molecule has 0 saturated carbocycles. The minimum Gasteiger partial charge on any atom is -0.329 e. The van der Waals surface area contributed by atoms with E-state index in [1.54, 1.807) is 0 Å². The third-order valence-corrected chi connectivity index (χ3v) is 2.08. The van der Waals surface area contributed by atoms with Crippen LogP contribution in [0.15, 0.2) is 18.2 Å². The second-order valence-corrected chi connectivity index (χ2v) is 3.20. The highest BCUT2D eigenvalue weighted by atomic mass is 14.7. The summed E-state index contributed by atoms with van der Waals surface area (Å²) in [5.41, 5.74) is 15.0. The zero-order chi connectivity index (χ0) is 9.14. The summed E-state index contributed by atoms with van der Waals surface area (Å²) in [5, 5.41) is 0. The lowest BCUT2D eigenvalue weighted by molar-refractivity contribution is 0.731. The van der Waals surface area contributed by atoms with E-state index < -0.39 is 0 Å². The summed E-state index contributed by atoms with van der Waals surface area (Å²) in [6, 6.07) is 6.23. The first-order chi connectivity index (χ1) is 5.65. The molecule has 12 heavy (non-hydrogen) atoms. The third-order valence-electron chi connectivity index (χ3n) is 2.08. The summed E-state index contributed by atoms with van der Waals surface area (Å²) in [6.45, 7) is 4.65. The van der Waals surface area contributed by atoms with Crippen LogP contribution in [0.2, 0.25) is 0 Å². The Hall–Kier alpha value is -0.860. The number of benzene rings is 1. The van der Waals surface area contributed by atoms with Gasteiger partial charge in [0, 0.05) is 12.6 Å². The molecule has 0 heterocycles. The van der Waals surface area contributed by atoms with Crippen LogP contribution in [0.1, 0.15) is 22.7 Å². The van der Waals surface area contributed by atoms with Gasteiger partial charge in [-0.3, -0.25) is 0 Å². The Morgan fingerprint density at radius 1 is 1.33 bits per heavy atom. The quantitative estimate of drug-likeness (QED) is 0.691. The molecule has 0 aliphatic heterocycles. The Balaban J connectivity index is 3.01. The van der Waals surface area contributed by atoms with Gasteiger partial charge in [-0.2, -0.15) is 0 Å². The number of aryl methyl sites for hydroxylation is 2. The maximum atomic E-state index is 5.82. The van der Waals surface area contributed by atoms with Gasteiger partial charge in [-0.1, -0.05) is 23.8 Å². The topological polar surface area (TPSA) is 52.0 Å². The second-order valence-electron chi connectivity index (χ2n) is 3.20. The van der Waals surface area contributed by atoms with Gasteiger partial charge >= 0.3 is 0 Å². The van der Waals surface area contributed by atoms with E-state index in [0.29, 0.717) is 6.54 Å². The summed E-state index contributed by atoms with van der Waals surface area (Å²) >= 11 is 0. The molecule has 1 atom stereocenters. The Bertz CT molecular complexity index is 269. The van der Waals surface area contributed by atoms with Gasteiger partial charge in [-0.25, -0.2) is 0 Å². The van der Waals surface area contributed by atoms with Crippen molar-refractivity contribution in [2.24, 2.45) is 11.5 Å². The average Bonchev–Trinajstić information content (AvgIpc) is 2.03. The highest BCUT2D eigenvalue weighted by Crippen LogP contribution is 2.15. The molecule has 0 unspecified atom stereocenters. The van der Waals surface area contributed by atoms with Gasteiger partial charge < -0.3 is 11.5 Å². The normalized spacial score (nSPS) is 13.0. The molecule has 0 amide bonds. The molecule has 1 rings (SSSR count). The zero-order valence-corrected chi connectivity index (χ0v) is 7.67. The third kappa shape index (κ3) is 1.84. The van der Waals surface area contributed by atoms with Crippen molar-refractivity contribution in [3.05, 3.63) is 34.9 Å². The fourth-order valence-corrected chi connectivity index (χ4v) is 1.37. The Morgan fingerprint density at radius 3 is 2.50 bits per heavy atom. The monoisotopic (exact) mass is 164 g/mol. The molecule has 0 saturated heterocycles. The molecule has 0 aliphatic carbocycles. The Labute approximate surface area is 73.6 Å². The van der Waals surface area contributed by atoms with E-state index in [1.807, 2.05) is 0 Å². The van der Waals surface area contributed by atoms with E-state index in [4.69, 9.17) is 11.5 Å². The molecule has 66 valence electrons. The van der Waals surface area contributed by atoms with E-state index in [0.717, 1.165) is 5.56 Å². The van der Waals surface area contributed by atoms with Crippen LogP contribution in [-0.2, 0) is 0 Å². The highest BCUT2D eigenvalue weighted by molar-refractivity contribution is 5.32. The average molecular weight is 164 g/mol. The van der Waals surface area contributed by atoms with Crippen LogP contribution in [0.3, 0.4) is 0 Å². The lowest BCUT2D eigenvalue weighted by atomic mass is 10.00. The summed E-state index contributed by atoms with van der Waals surface area (Å²) in [6.07, 6.45) is 0. The Kier molecular flexibility index (Phi) is 2.84. The molecule has 0 radical (unpaired) electrons. The summed E-state index contributed by atoms with van der Waals surface area (Å²) in [5.74, 6) is 0. The number of hydrogen-bond acceptors (Lipinski definition) is 2. The maximum Gasteiger partial charge on any atom is 0.0422 e. The molecule has 0 spiro atoms. The molecule has 1 aromatic carbocycles. The van der Waals surface area contributed by atoms with E-state index in [1.165, 1.54) is 11.1 Å². The van der Waals surface area contributed by atoms with Crippen molar-refractivity contribution in [2.45, 2.75) is 19.9 Å². The first-order valence-electron chi connectivity index (χ1n) is 4.18. The predicted molar refractivity (Wildman–Crippen MR) is 51.9 cm³/mol. The molecule has 0 aromatic heterocycles. The van der Waals surface area contributed by atoms with Crippen molar-refractivity contribution < 1.29 is 0 Å². The fraction of sp³-hybridized carbons (Fsp3) is 0.400. The fourth-order valence-electron chi connectivity index (χ4n) is 1.37. The van der Waals surface area contributed by atoms with Gasteiger partial charge in [-0.05, 0) is 25.0 Å². The highest BCUT2D eigenvalue weighted by Gasteiger charge is 2.05. The molecule has 0 fully saturated rings. The number of rotatable bonds is 2. The zero-order valence-electron chi connectivity index (χ0n) is 7.67. The summed E-state index contributed by atoms with van der Waals surface area (Å²) in [7, 11) is 0. The largest absolute Gasteiger partial charge is 0.329 e. The first-order valence-corrected chi connectivity index (χ1v) is 4.18. The molecular formula is C10H16N2. The van der Waals surface area contributed by atoms with Crippen molar-refractivity contribution >= 4 is 0 Å². The standard InChI is InChI=1S/C10H16N2/c1-7-3-4-9(8(2)5-7)10(12)6-11/h3-5,10H,6,11-12H2,1-2H3/t10-/m0/s1. The van der Waals surface area contributed by atoms with Crippen molar-refractivity contribution in [3.63, 3.8) is 0 Å². The van der Waals surface area contributed by atoms with Crippen LogP contribution in [-0.4, -0.2) is 6.54 Å². The van der Waals surface area contributed by atoms with Gasteiger partial charge in [0.05, 0.1) is 0 Å². The minimum atomic E-state index is -0.0226. The molecule has 4 N–H and O–H groups in total. The predicted octanol–water partition coefficient (Wildman–Crippen LogP) is 1.26. The lowest BCUT2D eigenvalue weighted by Gasteiger charge is -2.12. The summed E-state index contributed by atoms with van der Waals surface area (Å²) in [4.78, 5) is 0. The van der Waals surface area contributed by atoms with Gasteiger partial charge in [0.2, 0.25) is 0 Å². The summed E-state index contributed by atoms with van der Waals surface area (Å²) < 4.78 is 0. The van der Waals surface area contributed by atoms with E-state index >= 15 is 0 Å². The van der Waals surface area contributed by atoms with E-state index in [2.05, 4.69) is 32.0 Å². The molecular weight excluding hydrogens is 148 g/mol. The van der Waals surface area contributed by atoms with Crippen molar-refractivity contribution in [2.75, 3.05) is 6.54 Å². The second kappa shape index (κ2) is 3.70. The van der Waals surface area contributed by atoms with Gasteiger partial charge in [0.1, 0.15) is 0 Å². The van der Waals surface area contributed by atoms with Crippen LogP contribution < -0.4 is 11.5 Å². The maximum absolute atomic E-state index is 5.82. The molecule has 2 nitrogen and oxygen atoms in total. The number of nitrogens with two attached hydrogens (primary N) is 2. The Morgan fingerprint density at radius 2 is 2.00 bits per heavy atom. The smallest absolute Gasteiger partial charge is 0.0422 e. The van der Waals surface area contributed by atoms with Crippen molar-refractivity contribution in [1.29, 1.82) is 0 Å². The van der Waals surface area contributed by atoms with Crippen LogP contribution in [0, 0.1) is 13.8 Å². The van der Waals surface area contributed by atoms with Crippen LogP contribution in [0.4, 0.5) is 0 Å². The van der Waals surface area contributed by atoms with Gasteiger partial charge in [-0.15, -0.1) is 0 Å². The molecule has 0 aliphatic rings. The van der Waals surface area contributed by atoms with Crippen LogP contribution in [0.5, 0.6) is 0 Å². The first kappa shape index (κ1) is 9.23. The number of hydrogen-bond donors (Lipinski definition) is 2.